The highest BCUT2D eigenvalue weighted by atomic mass is 32.2. The van der Waals surface area contributed by atoms with Gasteiger partial charge in [-0.1, -0.05) is 64.2 Å². The molecule has 0 bridgehead atoms. The van der Waals surface area contributed by atoms with E-state index in [0.717, 1.165) is 51.4 Å². The van der Waals surface area contributed by atoms with Crippen LogP contribution in [0, 0.1) is 22.0 Å². The highest BCUT2D eigenvalue weighted by Gasteiger charge is 2.34. The van der Waals surface area contributed by atoms with Crippen LogP contribution in [0.1, 0.15) is 97.8 Å². The van der Waals surface area contributed by atoms with Crippen LogP contribution in [0.15, 0.2) is 17.0 Å². The molecule has 0 amide bonds. The van der Waals surface area contributed by atoms with Gasteiger partial charge >= 0.3 is 11.9 Å². The number of rotatable bonds is 12. The molecule has 3 rings (SSSR count). The number of hydrogen-bond donors (Lipinski definition) is 0. The van der Waals surface area contributed by atoms with E-state index >= 15 is 0 Å². The van der Waals surface area contributed by atoms with Gasteiger partial charge in [-0.25, -0.2) is 9.59 Å². The van der Waals surface area contributed by atoms with Crippen molar-refractivity contribution >= 4 is 29.7 Å². The maximum absolute atomic E-state index is 12.9. The third-order valence-corrected chi connectivity index (χ3v) is 7.51. The SMILES string of the molecule is O=C(OCCC1CCCCC1)c1ccc(SOO[O-])c(C(=O)OCCC2CCCCC2)c1[N+](=O)[O-]. The summed E-state index contributed by atoms with van der Waals surface area (Å²) in [6.45, 7) is 0.241. The lowest BCUT2D eigenvalue weighted by Crippen LogP contribution is -2.18. The smallest absolute Gasteiger partial charge is 0.346 e. The van der Waals surface area contributed by atoms with Crippen LogP contribution < -0.4 is 5.26 Å². The number of ether oxygens (including phenoxy) is 2. The highest BCUT2D eigenvalue weighted by molar-refractivity contribution is 7.94. The second-order valence-electron chi connectivity index (χ2n) is 9.17. The number of carbonyl (C=O) groups is 2. The average molecular weight is 511 g/mol. The van der Waals surface area contributed by atoms with Crippen LogP contribution in [0.25, 0.3) is 0 Å². The molecule has 194 valence electrons. The second kappa shape index (κ2) is 14.4. The number of benzene rings is 1. The standard InChI is InChI=1S/C24H33NO9S/c26-23(31-15-13-17-7-3-1-4-8-17)19-11-12-20(35-34-33-30)21(22(19)25(28)29)24(27)32-16-14-18-9-5-2-6-10-18/h11-12,17-18,30H,1-10,13-16H2/p-1. The molecule has 2 aliphatic rings. The topological polar surface area (TPSA) is 137 Å². The molecule has 1 aromatic carbocycles. The van der Waals surface area contributed by atoms with Gasteiger partial charge in [-0.05, 0) is 36.8 Å². The summed E-state index contributed by atoms with van der Waals surface area (Å²) in [6, 6.07) is 2.45. The van der Waals surface area contributed by atoms with E-state index in [4.69, 9.17) is 9.47 Å². The molecule has 0 N–H and O–H groups in total. The van der Waals surface area contributed by atoms with Crippen molar-refractivity contribution in [3.05, 3.63) is 33.4 Å². The molecular weight excluding hydrogens is 478 g/mol. The Bertz CT molecular complexity index is 867. The van der Waals surface area contributed by atoms with Gasteiger partial charge in [-0.3, -0.25) is 15.2 Å². The summed E-state index contributed by atoms with van der Waals surface area (Å²) in [4.78, 5) is 36.7. The molecule has 0 unspecified atom stereocenters. The molecule has 0 aromatic heterocycles. The van der Waals surface area contributed by atoms with E-state index in [0.29, 0.717) is 36.7 Å². The number of nitro benzene ring substituents is 1. The summed E-state index contributed by atoms with van der Waals surface area (Å²) in [6.07, 6.45) is 12.7. The maximum Gasteiger partial charge on any atom is 0.346 e. The maximum atomic E-state index is 12.9. The summed E-state index contributed by atoms with van der Waals surface area (Å²) < 4.78 is 15.0. The molecule has 2 saturated carbocycles. The molecule has 0 aliphatic heterocycles. The van der Waals surface area contributed by atoms with E-state index in [2.05, 4.69) is 9.37 Å². The van der Waals surface area contributed by atoms with Crippen LogP contribution in [0.3, 0.4) is 0 Å². The van der Waals surface area contributed by atoms with Crippen molar-refractivity contribution < 1.29 is 38.6 Å². The fourth-order valence-corrected chi connectivity index (χ4v) is 5.47. The molecule has 2 fully saturated rings. The van der Waals surface area contributed by atoms with Crippen molar-refractivity contribution in [2.75, 3.05) is 13.2 Å². The largest absolute Gasteiger partial charge is 0.691 e. The Morgan fingerprint density at radius 1 is 0.886 bits per heavy atom. The van der Waals surface area contributed by atoms with Gasteiger partial charge in [0.25, 0.3) is 5.69 Å². The summed E-state index contributed by atoms with van der Waals surface area (Å²) in [5.41, 5.74) is -1.57. The lowest BCUT2D eigenvalue weighted by molar-refractivity contribution is -0.777. The van der Waals surface area contributed by atoms with Gasteiger partial charge in [0.15, 0.2) is 5.56 Å². The first-order valence-electron chi connectivity index (χ1n) is 12.3. The Labute approximate surface area is 208 Å². The molecule has 2 aliphatic carbocycles. The van der Waals surface area contributed by atoms with Crippen LogP contribution in [-0.4, -0.2) is 30.1 Å². The van der Waals surface area contributed by atoms with E-state index in [1.54, 1.807) is 0 Å². The monoisotopic (exact) mass is 510 g/mol. The zero-order chi connectivity index (χ0) is 25.0. The molecule has 1 aromatic rings. The number of esters is 2. The molecule has 35 heavy (non-hydrogen) atoms. The molecule has 0 radical (unpaired) electrons. The van der Waals surface area contributed by atoms with E-state index < -0.39 is 28.1 Å². The Hall–Kier alpha value is -2.21. The summed E-state index contributed by atoms with van der Waals surface area (Å²) in [5.74, 6) is -0.935. The van der Waals surface area contributed by atoms with Crippen molar-refractivity contribution in [1.82, 2.24) is 0 Å². The number of nitrogens with zero attached hydrogens (tertiary/aromatic N) is 1. The van der Waals surface area contributed by atoms with Crippen molar-refractivity contribution in [3.8, 4) is 0 Å². The second-order valence-corrected chi connectivity index (χ2v) is 9.91. The predicted octanol–water partition coefficient (Wildman–Crippen LogP) is 5.08. The Kier molecular flexibility index (Phi) is 11.2. The van der Waals surface area contributed by atoms with Gasteiger partial charge in [0, 0.05) is 0 Å². The number of nitro groups is 1. The Morgan fingerprint density at radius 2 is 1.43 bits per heavy atom. The molecule has 11 heteroatoms. The van der Waals surface area contributed by atoms with Crippen LogP contribution in [0.2, 0.25) is 0 Å². The van der Waals surface area contributed by atoms with E-state index in [1.165, 1.54) is 25.0 Å². The zero-order valence-electron chi connectivity index (χ0n) is 19.7. The number of carbonyl (C=O) groups excluding carboxylic acids is 2. The van der Waals surface area contributed by atoms with Crippen molar-refractivity contribution in [1.29, 1.82) is 0 Å². The normalized spacial score (nSPS) is 17.2. The van der Waals surface area contributed by atoms with E-state index in [-0.39, 0.29) is 23.7 Å². The third-order valence-electron chi connectivity index (χ3n) is 6.87. The average Bonchev–Trinajstić information content (AvgIpc) is 2.87. The van der Waals surface area contributed by atoms with Gasteiger partial charge < -0.3 is 14.7 Å². The summed E-state index contributed by atoms with van der Waals surface area (Å²) in [7, 11) is 0. The van der Waals surface area contributed by atoms with Crippen molar-refractivity contribution in [3.63, 3.8) is 0 Å². The summed E-state index contributed by atoms with van der Waals surface area (Å²) >= 11 is 0.333. The molecule has 0 atom stereocenters. The van der Waals surface area contributed by atoms with Crippen LogP contribution in [-0.2, 0) is 18.8 Å². The first-order chi connectivity index (χ1) is 17.0. The Balaban J connectivity index is 1.73. The predicted molar refractivity (Wildman–Crippen MR) is 124 cm³/mol. The fourth-order valence-electron chi connectivity index (χ4n) is 4.98. The minimum absolute atomic E-state index is 0.0750. The Morgan fingerprint density at radius 3 is 1.94 bits per heavy atom. The summed E-state index contributed by atoms with van der Waals surface area (Å²) in [5, 5.41) is 25.6. The lowest BCUT2D eigenvalue weighted by Gasteiger charge is -2.21. The lowest BCUT2D eigenvalue weighted by atomic mass is 9.87. The van der Waals surface area contributed by atoms with Crippen molar-refractivity contribution in [2.45, 2.75) is 81.9 Å². The van der Waals surface area contributed by atoms with Crippen LogP contribution in [0.4, 0.5) is 5.69 Å². The van der Waals surface area contributed by atoms with Gasteiger partial charge in [0.1, 0.15) is 5.56 Å². The first-order valence-corrected chi connectivity index (χ1v) is 13.0. The third kappa shape index (κ3) is 8.16. The van der Waals surface area contributed by atoms with E-state index in [9.17, 15) is 25.0 Å². The molecule has 0 heterocycles. The van der Waals surface area contributed by atoms with Gasteiger partial charge in [-0.2, -0.15) is 4.33 Å². The van der Waals surface area contributed by atoms with E-state index in [1.807, 2.05) is 0 Å². The van der Waals surface area contributed by atoms with Crippen LogP contribution in [0.5, 0.6) is 0 Å². The minimum atomic E-state index is -0.971. The van der Waals surface area contributed by atoms with Gasteiger partial charge in [0.05, 0.1) is 35.1 Å². The molecule has 0 saturated heterocycles. The first kappa shape index (κ1) is 27.4. The minimum Gasteiger partial charge on any atom is -0.691 e. The quantitative estimate of drug-likeness (QED) is 0.123. The van der Waals surface area contributed by atoms with Gasteiger partial charge in [-0.15, -0.1) is 0 Å². The van der Waals surface area contributed by atoms with Crippen LogP contribution >= 0.6 is 12.0 Å². The molecule has 10 nitrogen and oxygen atoms in total. The number of hydrogen-bond acceptors (Lipinski definition) is 10. The molecular formula is C24H32NO9S-. The fraction of sp³-hybridized carbons (Fsp3) is 0.667. The van der Waals surface area contributed by atoms with Gasteiger partial charge in [0.2, 0.25) is 0 Å². The van der Waals surface area contributed by atoms with Crippen molar-refractivity contribution in [2.24, 2.45) is 11.8 Å². The zero-order valence-corrected chi connectivity index (χ0v) is 20.6. The highest BCUT2D eigenvalue weighted by Crippen LogP contribution is 2.35. The molecule has 0 spiro atoms.